The zero-order valence-electron chi connectivity index (χ0n) is 17.9. The van der Waals surface area contributed by atoms with Crippen LogP contribution in [-0.2, 0) is 24.9 Å². The molecule has 0 amide bonds. The number of nitrogens with zero attached hydrogens (tertiary/aromatic N) is 2. The second kappa shape index (κ2) is 11.3. The molecule has 1 N–H and O–H groups in total. The van der Waals surface area contributed by atoms with E-state index in [1.54, 1.807) is 11.3 Å². The van der Waals surface area contributed by atoms with Crippen molar-refractivity contribution < 1.29 is 30.0 Å². The molecule has 163 valence electrons. The summed E-state index contributed by atoms with van der Waals surface area (Å²) in [5.74, 6) is 0.161. The zero-order chi connectivity index (χ0) is 21.7. The van der Waals surface area contributed by atoms with Gasteiger partial charge in [0.2, 0.25) is 0 Å². The molecule has 0 aliphatic heterocycles. The van der Waals surface area contributed by atoms with Crippen LogP contribution in [0.25, 0.3) is 31.4 Å². The Labute approximate surface area is 200 Å². The van der Waals surface area contributed by atoms with Crippen LogP contribution < -0.4 is 0 Å². The average molecular weight is 610 g/mol. The topological polar surface area (TPSA) is 63.1 Å². The van der Waals surface area contributed by atoms with Gasteiger partial charge in [-0.1, -0.05) is 45.2 Å². The number of aliphatic hydroxyl groups excluding tert-OH is 1. The first kappa shape index (κ1) is 24.9. The fourth-order valence-corrected chi connectivity index (χ4v) is 3.95. The smallest absolute Gasteiger partial charge is 0.161 e. The van der Waals surface area contributed by atoms with Gasteiger partial charge in [0.05, 0.1) is 5.76 Å². The van der Waals surface area contributed by atoms with Gasteiger partial charge in [-0.2, -0.15) is 11.3 Å². The number of aromatic nitrogens is 2. The molecule has 1 aromatic carbocycles. The van der Waals surface area contributed by atoms with Crippen LogP contribution in [0.1, 0.15) is 27.7 Å². The zero-order valence-corrected chi connectivity index (χ0v) is 21.1. The number of carbonyl (C=O) groups excluding carboxylic acids is 1. The van der Waals surface area contributed by atoms with E-state index in [0.29, 0.717) is 0 Å². The van der Waals surface area contributed by atoms with Crippen molar-refractivity contribution >= 4 is 37.3 Å². The summed E-state index contributed by atoms with van der Waals surface area (Å²) in [5.41, 5.74) is 2.03. The van der Waals surface area contributed by atoms with E-state index in [-0.39, 0.29) is 43.5 Å². The second-order valence-corrected chi connectivity index (χ2v) is 8.62. The minimum Gasteiger partial charge on any atom is -0.512 e. The molecule has 0 saturated heterocycles. The van der Waals surface area contributed by atoms with Crippen LogP contribution in [0.4, 0.5) is 0 Å². The number of ketones is 1. The maximum Gasteiger partial charge on any atom is 0.161 e. The van der Waals surface area contributed by atoms with Gasteiger partial charge in [0.25, 0.3) is 0 Å². The van der Waals surface area contributed by atoms with Crippen molar-refractivity contribution in [1.29, 1.82) is 0 Å². The number of aliphatic hydroxyl groups is 1. The van der Waals surface area contributed by atoms with Gasteiger partial charge in [-0.3, -0.25) is 9.78 Å². The van der Waals surface area contributed by atoms with E-state index < -0.39 is 0 Å². The number of benzene rings is 1. The Kier molecular flexibility index (Phi) is 9.05. The molecule has 0 spiro atoms. The Bertz CT molecular complexity index is 1180. The SMILES string of the molecule is CC(C)C(=O)/C=C(\O)C(C)C.[Ir].[c-]1ccc2c(sc3cnccc32)c1-c1ccccn1. The fourth-order valence-electron chi connectivity index (χ4n) is 2.78. The number of thiophene rings is 1. The Balaban J connectivity index is 0.000000249. The normalized spacial score (nSPS) is 11.4. The second-order valence-electron chi connectivity index (χ2n) is 7.57. The van der Waals surface area contributed by atoms with Gasteiger partial charge in [-0.05, 0) is 27.9 Å². The average Bonchev–Trinajstić information content (AvgIpc) is 3.13. The summed E-state index contributed by atoms with van der Waals surface area (Å²) in [5, 5.41) is 11.7. The number of carbonyl (C=O) groups is 1. The Morgan fingerprint density at radius 2 is 1.84 bits per heavy atom. The van der Waals surface area contributed by atoms with E-state index in [1.807, 2.05) is 70.6 Å². The number of allylic oxidation sites excluding steroid dienone is 2. The molecule has 3 aromatic heterocycles. The maximum atomic E-state index is 11.0. The van der Waals surface area contributed by atoms with Crippen LogP contribution in [0.15, 0.2) is 66.8 Å². The van der Waals surface area contributed by atoms with E-state index in [0.717, 1.165) is 11.3 Å². The van der Waals surface area contributed by atoms with Gasteiger partial charge in [-0.25, -0.2) is 0 Å². The van der Waals surface area contributed by atoms with Crippen LogP contribution in [0.3, 0.4) is 0 Å². The van der Waals surface area contributed by atoms with E-state index >= 15 is 0 Å². The number of rotatable bonds is 4. The molecule has 0 atom stereocenters. The fraction of sp³-hybridized carbons (Fsp3) is 0.240. The minimum absolute atomic E-state index is 0. The van der Waals surface area contributed by atoms with Crippen LogP contribution in [0.2, 0.25) is 0 Å². The summed E-state index contributed by atoms with van der Waals surface area (Å²) >= 11 is 1.75. The number of hydrogen-bond donors (Lipinski definition) is 1. The van der Waals surface area contributed by atoms with E-state index in [9.17, 15) is 9.90 Å². The Hall–Kier alpha value is -2.40. The summed E-state index contributed by atoms with van der Waals surface area (Å²) in [6.07, 6.45) is 6.89. The first-order valence-corrected chi connectivity index (χ1v) is 10.7. The van der Waals surface area contributed by atoms with Crippen LogP contribution in [-0.4, -0.2) is 20.9 Å². The molecule has 31 heavy (non-hydrogen) atoms. The standard InChI is InChI=1S/C16H9N2S.C9H16O2.Ir/c1-2-8-18-14(6-1)13-5-3-4-12-11-7-9-17-10-15(11)19-16(12)13;1-6(2)8(10)5-9(11)7(3)4;/h1-4,6-10H;5-7,10H,1-4H3;/q-1;;/b;8-5-;. The van der Waals surface area contributed by atoms with E-state index in [2.05, 4.69) is 28.2 Å². The molecular weight excluding hydrogens is 585 g/mol. The van der Waals surface area contributed by atoms with Crippen molar-refractivity contribution in [2.24, 2.45) is 11.8 Å². The van der Waals surface area contributed by atoms with Gasteiger partial charge >= 0.3 is 0 Å². The number of hydrogen-bond acceptors (Lipinski definition) is 5. The molecule has 0 aliphatic carbocycles. The van der Waals surface area contributed by atoms with Crippen LogP contribution in [0, 0.1) is 17.9 Å². The predicted molar refractivity (Wildman–Crippen MR) is 125 cm³/mol. The van der Waals surface area contributed by atoms with Gasteiger partial charge in [0, 0.05) is 61.3 Å². The molecule has 4 rings (SSSR count). The van der Waals surface area contributed by atoms with Crippen molar-refractivity contribution in [3.05, 3.63) is 72.9 Å². The largest absolute Gasteiger partial charge is 0.512 e. The van der Waals surface area contributed by atoms with Crippen molar-refractivity contribution in [2.75, 3.05) is 0 Å². The molecule has 6 heteroatoms. The van der Waals surface area contributed by atoms with Crippen molar-refractivity contribution in [3.63, 3.8) is 0 Å². The third kappa shape index (κ3) is 6.07. The van der Waals surface area contributed by atoms with Crippen molar-refractivity contribution in [1.82, 2.24) is 9.97 Å². The summed E-state index contributed by atoms with van der Waals surface area (Å²) in [7, 11) is 0. The first-order valence-electron chi connectivity index (χ1n) is 9.91. The molecular formula is C25H25IrN2O2S-. The maximum absolute atomic E-state index is 11.0. The third-order valence-corrected chi connectivity index (χ3v) is 5.78. The molecule has 0 bridgehead atoms. The predicted octanol–water partition coefficient (Wildman–Crippen LogP) is 6.62. The van der Waals surface area contributed by atoms with Gasteiger partial charge < -0.3 is 10.1 Å². The first-order chi connectivity index (χ1) is 14.4. The molecule has 0 unspecified atom stereocenters. The molecule has 0 fully saturated rings. The Morgan fingerprint density at radius 1 is 1.06 bits per heavy atom. The number of fused-ring (bicyclic) bond motifs is 3. The molecule has 0 saturated carbocycles. The quantitative estimate of drug-likeness (QED) is 0.161. The molecule has 1 radical (unpaired) electrons. The third-order valence-electron chi connectivity index (χ3n) is 4.61. The monoisotopic (exact) mass is 610 g/mol. The summed E-state index contributed by atoms with van der Waals surface area (Å²) in [6, 6.07) is 15.4. The van der Waals surface area contributed by atoms with Crippen LogP contribution >= 0.6 is 11.3 Å². The summed E-state index contributed by atoms with van der Waals surface area (Å²) < 4.78 is 2.43. The van der Waals surface area contributed by atoms with Crippen molar-refractivity contribution in [2.45, 2.75) is 27.7 Å². The summed E-state index contributed by atoms with van der Waals surface area (Å²) in [6.45, 7) is 7.32. The Morgan fingerprint density at radius 3 is 2.48 bits per heavy atom. The summed E-state index contributed by atoms with van der Waals surface area (Å²) in [4.78, 5) is 19.6. The number of pyridine rings is 2. The van der Waals surface area contributed by atoms with Crippen molar-refractivity contribution in [3.8, 4) is 11.3 Å². The van der Waals surface area contributed by atoms with E-state index in [4.69, 9.17) is 0 Å². The van der Waals surface area contributed by atoms with Gasteiger partial charge in [-0.15, -0.1) is 23.8 Å². The van der Waals surface area contributed by atoms with Gasteiger partial charge in [0.1, 0.15) is 0 Å². The van der Waals surface area contributed by atoms with Gasteiger partial charge in [0.15, 0.2) is 5.78 Å². The van der Waals surface area contributed by atoms with E-state index in [1.165, 1.54) is 26.2 Å². The minimum atomic E-state index is -0.0316. The molecule has 4 nitrogen and oxygen atoms in total. The molecule has 4 aromatic rings. The van der Waals surface area contributed by atoms with Crippen LogP contribution in [0.5, 0.6) is 0 Å². The molecule has 3 heterocycles. The molecule has 0 aliphatic rings.